The van der Waals surface area contributed by atoms with Gasteiger partial charge in [-0.2, -0.15) is 0 Å². The molecule has 126 valence electrons. The lowest BCUT2D eigenvalue weighted by atomic mass is 9.93. The monoisotopic (exact) mass is 309 g/mol. The highest BCUT2D eigenvalue weighted by molar-refractivity contribution is 5.74. The molecule has 22 heavy (non-hydrogen) atoms. The highest BCUT2D eigenvalue weighted by atomic mass is 16.3. The molecule has 2 amide bonds. The van der Waals surface area contributed by atoms with E-state index in [-0.39, 0.29) is 24.2 Å². The molecule has 5 nitrogen and oxygen atoms in total. The molecule has 3 aliphatic rings. The third-order valence-corrected chi connectivity index (χ3v) is 5.64. The largest absolute Gasteiger partial charge is 0.391 e. The van der Waals surface area contributed by atoms with Crippen LogP contribution in [0.15, 0.2) is 0 Å². The summed E-state index contributed by atoms with van der Waals surface area (Å²) in [5.41, 5.74) is 0. The summed E-state index contributed by atoms with van der Waals surface area (Å²) in [4.78, 5) is 14.6. The minimum absolute atomic E-state index is 0.0651. The second-order valence-corrected chi connectivity index (χ2v) is 7.47. The number of rotatable bonds is 4. The molecule has 3 atom stereocenters. The normalized spacial score (nSPS) is 34.0. The molecule has 0 spiro atoms. The average molecular weight is 309 g/mol. The molecule has 3 rings (SSSR count). The average Bonchev–Trinajstić information content (AvgIpc) is 3.14. The summed E-state index contributed by atoms with van der Waals surface area (Å²) in [7, 11) is 0. The van der Waals surface area contributed by atoms with E-state index in [1.54, 1.807) is 0 Å². The second-order valence-electron chi connectivity index (χ2n) is 7.47. The SMILES string of the molecule is O=C(NC1CCN(CC2CCCC2)C1)NC1CCCCC1O. The number of nitrogens with zero attached hydrogens (tertiary/aromatic N) is 1. The van der Waals surface area contributed by atoms with Gasteiger partial charge < -0.3 is 20.6 Å². The van der Waals surface area contributed by atoms with Crippen LogP contribution in [0.4, 0.5) is 4.79 Å². The van der Waals surface area contributed by atoms with E-state index in [1.807, 2.05) is 0 Å². The Hall–Kier alpha value is -0.810. The fraction of sp³-hybridized carbons (Fsp3) is 0.941. The highest BCUT2D eigenvalue weighted by Crippen LogP contribution is 2.26. The first kappa shape index (κ1) is 16.1. The Morgan fingerprint density at radius 1 is 1.00 bits per heavy atom. The first-order valence-corrected chi connectivity index (χ1v) is 9.18. The second kappa shape index (κ2) is 7.64. The Kier molecular flexibility index (Phi) is 5.58. The van der Waals surface area contributed by atoms with Crippen LogP contribution in [0, 0.1) is 5.92 Å². The highest BCUT2D eigenvalue weighted by Gasteiger charge is 2.29. The maximum absolute atomic E-state index is 12.1. The number of aliphatic hydroxyl groups excluding tert-OH is 1. The van der Waals surface area contributed by atoms with E-state index in [2.05, 4.69) is 15.5 Å². The lowest BCUT2D eigenvalue weighted by Crippen LogP contribution is -2.51. The Labute approximate surface area is 133 Å². The van der Waals surface area contributed by atoms with E-state index in [1.165, 1.54) is 32.2 Å². The molecule has 1 saturated heterocycles. The maximum atomic E-state index is 12.1. The van der Waals surface area contributed by atoms with Crippen LogP contribution < -0.4 is 10.6 Å². The molecule has 2 saturated carbocycles. The van der Waals surface area contributed by atoms with Gasteiger partial charge in [-0.3, -0.25) is 0 Å². The quantitative estimate of drug-likeness (QED) is 0.742. The molecule has 0 radical (unpaired) electrons. The summed E-state index contributed by atoms with van der Waals surface area (Å²) >= 11 is 0. The summed E-state index contributed by atoms with van der Waals surface area (Å²) in [6.07, 6.45) is 10.1. The predicted molar refractivity (Wildman–Crippen MR) is 86.7 cm³/mol. The molecule has 1 aliphatic heterocycles. The van der Waals surface area contributed by atoms with Crippen molar-refractivity contribution in [3.05, 3.63) is 0 Å². The van der Waals surface area contributed by atoms with Crippen molar-refractivity contribution in [2.45, 2.75) is 76.0 Å². The van der Waals surface area contributed by atoms with Crippen molar-refractivity contribution in [2.24, 2.45) is 5.92 Å². The van der Waals surface area contributed by atoms with Gasteiger partial charge in [-0.15, -0.1) is 0 Å². The van der Waals surface area contributed by atoms with Gasteiger partial charge in [0.15, 0.2) is 0 Å². The van der Waals surface area contributed by atoms with Gasteiger partial charge in [0.05, 0.1) is 12.1 Å². The smallest absolute Gasteiger partial charge is 0.315 e. The van der Waals surface area contributed by atoms with E-state index in [4.69, 9.17) is 0 Å². The van der Waals surface area contributed by atoms with E-state index in [0.717, 1.165) is 51.1 Å². The minimum atomic E-state index is -0.373. The molecule has 0 aromatic rings. The Balaban J connectivity index is 1.37. The molecule has 0 aromatic heterocycles. The van der Waals surface area contributed by atoms with Crippen LogP contribution in [0.5, 0.6) is 0 Å². The van der Waals surface area contributed by atoms with E-state index < -0.39 is 0 Å². The van der Waals surface area contributed by atoms with Crippen LogP contribution in [0.3, 0.4) is 0 Å². The standard InChI is InChI=1S/C17H31N3O2/c21-16-8-4-3-7-15(16)19-17(22)18-14-9-10-20(12-14)11-13-5-1-2-6-13/h13-16,21H,1-12H2,(H2,18,19,22). The summed E-state index contributed by atoms with van der Waals surface area (Å²) in [5.74, 6) is 0.880. The molecule has 2 aliphatic carbocycles. The number of amides is 2. The molecule has 0 bridgehead atoms. The lowest BCUT2D eigenvalue weighted by molar-refractivity contribution is 0.0940. The summed E-state index contributed by atoms with van der Waals surface area (Å²) in [5, 5.41) is 16.0. The van der Waals surface area contributed by atoms with E-state index in [9.17, 15) is 9.90 Å². The van der Waals surface area contributed by atoms with E-state index in [0.29, 0.717) is 0 Å². The van der Waals surface area contributed by atoms with Crippen LogP contribution >= 0.6 is 0 Å². The van der Waals surface area contributed by atoms with E-state index >= 15 is 0 Å². The van der Waals surface area contributed by atoms with Gasteiger partial charge in [0.25, 0.3) is 0 Å². The zero-order valence-corrected chi connectivity index (χ0v) is 13.6. The van der Waals surface area contributed by atoms with Gasteiger partial charge in [0.2, 0.25) is 0 Å². The number of nitrogens with one attached hydrogen (secondary N) is 2. The zero-order valence-electron chi connectivity index (χ0n) is 13.6. The van der Waals surface area contributed by atoms with Crippen LogP contribution in [0.25, 0.3) is 0 Å². The molecule has 1 heterocycles. The number of carbonyl (C=O) groups is 1. The number of likely N-dealkylation sites (tertiary alicyclic amines) is 1. The summed E-state index contributed by atoms with van der Waals surface area (Å²) in [6.45, 7) is 3.30. The summed E-state index contributed by atoms with van der Waals surface area (Å²) in [6, 6.07) is 0.102. The number of hydrogen-bond donors (Lipinski definition) is 3. The maximum Gasteiger partial charge on any atom is 0.315 e. The van der Waals surface area contributed by atoms with Crippen molar-refractivity contribution >= 4 is 6.03 Å². The van der Waals surface area contributed by atoms with Crippen LogP contribution in [0.1, 0.15) is 57.8 Å². The number of aliphatic hydroxyl groups is 1. The van der Waals surface area contributed by atoms with Gasteiger partial charge in [-0.05, 0) is 38.0 Å². The first-order valence-electron chi connectivity index (χ1n) is 9.18. The molecule has 3 N–H and O–H groups in total. The van der Waals surface area contributed by atoms with Gasteiger partial charge in [0, 0.05) is 25.7 Å². The topological polar surface area (TPSA) is 64.6 Å². The third kappa shape index (κ3) is 4.35. The molecular formula is C17H31N3O2. The molecular weight excluding hydrogens is 278 g/mol. The van der Waals surface area contributed by atoms with Crippen molar-refractivity contribution in [3.8, 4) is 0 Å². The molecule has 3 unspecified atom stereocenters. The van der Waals surface area contributed by atoms with Crippen LogP contribution in [-0.4, -0.2) is 53.9 Å². The van der Waals surface area contributed by atoms with Crippen LogP contribution in [0.2, 0.25) is 0 Å². The number of carbonyl (C=O) groups excluding carboxylic acids is 1. The Morgan fingerprint density at radius 2 is 1.73 bits per heavy atom. The minimum Gasteiger partial charge on any atom is -0.391 e. The number of urea groups is 1. The molecule has 5 heteroatoms. The Bertz CT molecular complexity index is 371. The van der Waals surface area contributed by atoms with Crippen LogP contribution in [-0.2, 0) is 0 Å². The molecule has 0 aromatic carbocycles. The van der Waals surface area contributed by atoms with Crippen molar-refractivity contribution in [3.63, 3.8) is 0 Å². The third-order valence-electron chi connectivity index (χ3n) is 5.64. The molecule has 3 fully saturated rings. The van der Waals surface area contributed by atoms with Crippen molar-refractivity contribution in [1.82, 2.24) is 15.5 Å². The fourth-order valence-corrected chi connectivity index (χ4v) is 4.35. The van der Waals surface area contributed by atoms with Crippen molar-refractivity contribution in [1.29, 1.82) is 0 Å². The van der Waals surface area contributed by atoms with Gasteiger partial charge in [-0.1, -0.05) is 25.7 Å². The van der Waals surface area contributed by atoms with Gasteiger partial charge in [0.1, 0.15) is 0 Å². The zero-order chi connectivity index (χ0) is 15.4. The fourth-order valence-electron chi connectivity index (χ4n) is 4.35. The lowest BCUT2D eigenvalue weighted by Gasteiger charge is -2.29. The van der Waals surface area contributed by atoms with Gasteiger partial charge in [-0.25, -0.2) is 4.79 Å². The Morgan fingerprint density at radius 3 is 2.50 bits per heavy atom. The number of hydrogen-bond acceptors (Lipinski definition) is 3. The van der Waals surface area contributed by atoms with Gasteiger partial charge >= 0.3 is 6.03 Å². The summed E-state index contributed by atoms with van der Waals surface area (Å²) < 4.78 is 0. The first-order chi connectivity index (χ1) is 10.7. The van der Waals surface area contributed by atoms with Crippen molar-refractivity contribution in [2.75, 3.05) is 19.6 Å². The predicted octanol–water partition coefficient (Wildman–Crippen LogP) is 1.85. The van der Waals surface area contributed by atoms with Crippen molar-refractivity contribution < 1.29 is 9.90 Å².